The largest absolute Gasteiger partial charge is 0.297 e. The molecule has 1 aliphatic rings. The molecular weight excluding hydrogens is 174 g/mol. The molecule has 1 heterocycles. The number of hydrogen-bond acceptors (Lipinski definition) is 3. The fraction of sp³-hybridized carbons (Fsp3) is 1.00. The van der Waals surface area contributed by atoms with Crippen LogP contribution in [-0.2, 0) is 0 Å². The predicted octanol–water partition coefficient (Wildman–Crippen LogP) is 1.84. The van der Waals surface area contributed by atoms with Crippen LogP contribution in [0.15, 0.2) is 0 Å². The maximum absolute atomic E-state index is 6.07. The highest BCUT2D eigenvalue weighted by Crippen LogP contribution is 2.26. The molecule has 1 rings (SSSR count). The van der Waals surface area contributed by atoms with Gasteiger partial charge in [-0.3, -0.25) is 11.2 Å². The highest BCUT2D eigenvalue weighted by atomic mass is 15.5. The summed E-state index contributed by atoms with van der Waals surface area (Å²) in [6.45, 7) is 6.52. The van der Waals surface area contributed by atoms with Gasteiger partial charge in [0.2, 0.25) is 0 Å². The lowest BCUT2D eigenvalue weighted by molar-refractivity contribution is 0.0926. The molecule has 84 valence electrons. The lowest BCUT2D eigenvalue weighted by Gasteiger charge is -2.36. The van der Waals surface area contributed by atoms with Crippen molar-refractivity contribution in [3.8, 4) is 0 Å². The third-order valence-corrected chi connectivity index (χ3v) is 3.24. The highest BCUT2D eigenvalue weighted by molar-refractivity contribution is 4.90. The predicted molar refractivity (Wildman–Crippen MR) is 60.7 cm³/mol. The second kappa shape index (κ2) is 5.69. The molecule has 0 saturated carbocycles. The molecule has 0 aliphatic carbocycles. The molecular formula is C11H25N3. The van der Waals surface area contributed by atoms with Gasteiger partial charge < -0.3 is 0 Å². The Hall–Kier alpha value is -0.120. The summed E-state index contributed by atoms with van der Waals surface area (Å²) in [4.78, 5) is 0. The lowest BCUT2D eigenvalue weighted by Crippen LogP contribution is -2.54. The average molecular weight is 199 g/mol. The third-order valence-electron chi connectivity index (χ3n) is 3.24. The Kier molecular flexibility index (Phi) is 4.85. The number of nitrogens with two attached hydrogens (primary N) is 1. The van der Waals surface area contributed by atoms with E-state index in [2.05, 4.69) is 19.2 Å². The van der Waals surface area contributed by atoms with Crippen LogP contribution in [0.25, 0.3) is 0 Å². The van der Waals surface area contributed by atoms with E-state index in [0.29, 0.717) is 0 Å². The molecule has 0 bridgehead atoms. The Morgan fingerprint density at radius 1 is 1.21 bits per heavy atom. The van der Waals surface area contributed by atoms with Crippen molar-refractivity contribution in [3.05, 3.63) is 0 Å². The van der Waals surface area contributed by atoms with E-state index in [0.717, 1.165) is 13.1 Å². The van der Waals surface area contributed by atoms with Gasteiger partial charge in [0.1, 0.15) is 0 Å². The molecule has 0 unspecified atom stereocenters. The van der Waals surface area contributed by atoms with Gasteiger partial charge in [-0.25, -0.2) is 5.01 Å². The van der Waals surface area contributed by atoms with Crippen LogP contribution in [0.4, 0.5) is 0 Å². The average Bonchev–Trinajstić information content (AvgIpc) is 2.55. The lowest BCUT2D eigenvalue weighted by atomic mass is 9.96. The Bertz CT molecular complexity index is 151. The zero-order valence-electron chi connectivity index (χ0n) is 9.68. The number of nitrogens with one attached hydrogen (secondary N) is 1. The van der Waals surface area contributed by atoms with Gasteiger partial charge in [-0.05, 0) is 12.8 Å². The Morgan fingerprint density at radius 3 is 2.14 bits per heavy atom. The minimum atomic E-state index is 0.117. The number of unbranched alkanes of at least 4 members (excludes halogenated alkanes) is 2. The molecule has 0 atom stereocenters. The first-order chi connectivity index (χ1) is 6.75. The third kappa shape index (κ3) is 2.69. The van der Waals surface area contributed by atoms with Crippen molar-refractivity contribution in [3.63, 3.8) is 0 Å². The van der Waals surface area contributed by atoms with E-state index in [1.54, 1.807) is 0 Å². The Labute approximate surface area is 88.0 Å². The van der Waals surface area contributed by atoms with Crippen molar-refractivity contribution in [1.82, 2.24) is 10.3 Å². The summed E-state index contributed by atoms with van der Waals surface area (Å²) >= 11 is 0. The number of rotatable bonds is 6. The van der Waals surface area contributed by atoms with Gasteiger partial charge in [0.15, 0.2) is 0 Å². The van der Waals surface area contributed by atoms with Crippen molar-refractivity contribution >= 4 is 0 Å². The van der Waals surface area contributed by atoms with Crippen LogP contribution in [0.2, 0.25) is 0 Å². The standard InChI is InChI=1S/C11H25N3/c1-3-5-7-11(8-6-4-2)13-9-10-14(11)12/h13H,3-10,12H2,1-2H3. The van der Waals surface area contributed by atoms with Crippen LogP contribution in [0.1, 0.15) is 52.4 Å². The van der Waals surface area contributed by atoms with Crippen LogP contribution in [-0.4, -0.2) is 23.8 Å². The summed E-state index contributed by atoms with van der Waals surface area (Å²) in [6, 6.07) is 0. The molecule has 0 radical (unpaired) electrons. The first-order valence-electron chi connectivity index (χ1n) is 6.02. The molecule has 1 aliphatic heterocycles. The van der Waals surface area contributed by atoms with E-state index in [9.17, 15) is 0 Å². The molecule has 3 N–H and O–H groups in total. The summed E-state index contributed by atoms with van der Waals surface area (Å²) in [5.41, 5.74) is 0.117. The summed E-state index contributed by atoms with van der Waals surface area (Å²) < 4.78 is 0. The van der Waals surface area contributed by atoms with Crippen molar-refractivity contribution in [2.75, 3.05) is 13.1 Å². The summed E-state index contributed by atoms with van der Waals surface area (Å²) in [5.74, 6) is 6.07. The van der Waals surface area contributed by atoms with Gasteiger partial charge >= 0.3 is 0 Å². The Balaban J connectivity index is 2.49. The van der Waals surface area contributed by atoms with Crippen LogP contribution in [0, 0.1) is 0 Å². The van der Waals surface area contributed by atoms with E-state index in [1.165, 1.54) is 38.5 Å². The van der Waals surface area contributed by atoms with Crippen LogP contribution in [0.5, 0.6) is 0 Å². The van der Waals surface area contributed by atoms with Crippen molar-refractivity contribution in [2.24, 2.45) is 5.84 Å². The first kappa shape index (κ1) is 12.0. The topological polar surface area (TPSA) is 41.3 Å². The van der Waals surface area contributed by atoms with Crippen LogP contribution < -0.4 is 11.2 Å². The van der Waals surface area contributed by atoms with Crippen LogP contribution >= 0.6 is 0 Å². The summed E-state index contributed by atoms with van der Waals surface area (Å²) in [5, 5.41) is 5.62. The van der Waals surface area contributed by atoms with Crippen molar-refractivity contribution < 1.29 is 0 Å². The fourth-order valence-corrected chi connectivity index (χ4v) is 2.25. The summed E-state index contributed by atoms with van der Waals surface area (Å²) in [6.07, 6.45) is 7.43. The van der Waals surface area contributed by atoms with Gasteiger partial charge in [0, 0.05) is 13.1 Å². The van der Waals surface area contributed by atoms with Gasteiger partial charge in [-0.1, -0.05) is 39.5 Å². The van der Waals surface area contributed by atoms with Crippen molar-refractivity contribution in [1.29, 1.82) is 0 Å². The molecule has 1 fully saturated rings. The monoisotopic (exact) mass is 199 g/mol. The first-order valence-corrected chi connectivity index (χ1v) is 6.02. The molecule has 0 aromatic carbocycles. The molecule has 0 aromatic heterocycles. The van der Waals surface area contributed by atoms with E-state index < -0.39 is 0 Å². The molecule has 1 saturated heterocycles. The molecule has 14 heavy (non-hydrogen) atoms. The molecule has 0 spiro atoms. The second-order valence-electron chi connectivity index (χ2n) is 4.36. The van der Waals surface area contributed by atoms with E-state index in [4.69, 9.17) is 5.84 Å². The minimum Gasteiger partial charge on any atom is -0.297 e. The van der Waals surface area contributed by atoms with Gasteiger partial charge in [0.05, 0.1) is 5.66 Å². The smallest absolute Gasteiger partial charge is 0.0844 e. The van der Waals surface area contributed by atoms with E-state index >= 15 is 0 Å². The molecule has 3 nitrogen and oxygen atoms in total. The fourth-order valence-electron chi connectivity index (χ4n) is 2.25. The Morgan fingerprint density at radius 2 is 1.79 bits per heavy atom. The molecule has 0 aromatic rings. The van der Waals surface area contributed by atoms with E-state index in [-0.39, 0.29) is 5.66 Å². The van der Waals surface area contributed by atoms with Gasteiger partial charge in [0.25, 0.3) is 0 Å². The number of hydrogen-bond donors (Lipinski definition) is 2. The summed E-state index contributed by atoms with van der Waals surface area (Å²) in [7, 11) is 0. The maximum Gasteiger partial charge on any atom is 0.0844 e. The SMILES string of the molecule is CCCCC1(CCCC)NCCN1N. The molecule has 0 amide bonds. The zero-order valence-corrected chi connectivity index (χ0v) is 9.68. The minimum absolute atomic E-state index is 0.117. The number of hydrazine groups is 1. The normalized spacial score (nSPS) is 21.6. The maximum atomic E-state index is 6.07. The van der Waals surface area contributed by atoms with E-state index in [1.807, 2.05) is 5.01 Å². The van der Waals surface area contributed by atoms with Gasteiger partial charge in [-0.2, -0.15) is 0 Å². The van der Waals surface area contributed by atoms with Crippen LogP contribution in [0.3, 0.4) is 0 Å². The zero-order chi connectivity index (χ0) is 10.4. The van der Waals surface area contributed by atoms with Gasteiger partial charge in [-0.15, -0.1) is 0 Å². The second-order valence-corrected chi connectivity index (χ2v) is 4.36. The highest BCUT2D eigenvalue weighted by Gasteiger charge is 2.37. The number of nitrogens with zero attached hydrogens (tertiary/aromatic N) is 1. The molecule has 3 heteroatoms. The quantitative estimate of drug-likeness (QED) is 0.641. The van der Waals surface area contributed by atoms with Crippen molar-refractivity contribution in [2.45, 2.75) is 58.0 Å².